The number of aliphatic carboxylic acids is 1. The molecule has 0 amide bonds. The molecule has 100 valence electrons. The number of carboxylic acid groups (broad SMARTS) is 1. The summed E-state index contributed by atoms with van der Waals surface area (Å²) in [4.78, 5) is 14.9. The van der Waals surface area contributed by atoms with E-state index in [2.05, 4.69) is 20.9 Å². The van der Waals surface area contributed by atoms with Crippen molar-refractivity contribution in [3.8, 4) is 16.3 Å². The molecule has 1 heterocycles. The molecule has 19 heavy (non-hydrogen) atoms. The van der Waals surface area contributed by atoms with E-state index >= 15 is 0 Å². The van der Waals surface area contributed by atoms with Gasteiger partial charge >= 0.3 is 5.97 Å². The molecule has 0 fully saturated rings. The molecular weight excluding hydrogens is 354 g/mol. The van der Waals surface area contributed by atoms with E-state index in [-0.39, 0.29) is 6.42 Å². The molecular formula is C12H9BrClNO3S. The highest BCUT2D eigenvalue weighted by molar-refractivity contribution is 9.10. The number of carbonyl (C=O) groups is 1. The Labute approximate surface area is 127 Å². The number of hydrogen-bond acceptors (Lipinski definition) is 4. The molecule has 0 saturated carbocycles. The van der Waals surface area contributed by atoms with Crippen molar-refractivity contribution in [2.75, 3.05) is 7.11 Å². The van der Waals surface area contributed by atoms with Crippen LogP contribution in [0.3, 0.4) is 0 Å². The van der Waals surface area contributed by atoms with Crippen molar-refractivity contribution >= 4 is 44.8 Å². The molecule has 2 aromatic rings. The van der Waals surface area contributed by atoms with Crippen LogP contribution in [-0.2, 0) is 11.2 Å². The smallest absolute Gasteiger partial charge is 0.309 e. The Kier molecular flexibility index (Phi) is 4.44. The lowest BCUT2D eigenvalue weighted by molar-refractivity contribution is -0.136. The molecule has 0 aliphatic heterocycles. The fourth-order valence-electron chi connectivity index (χ4n) is 1.52. The van der Waals surface area contributed by atoms with Gasteiger partial charge in [0, 0.05) is 15.4 Å². The second-order valence-corrected chi connectivity index (χ2v) is 5.80. The van der Waals surface area contributed by atoms with Crippen molar-refractivity contribution in [3.63, 3.8) is 0 Å². The fourth-order valence-corrected chi connectivity index (χ4v) is 3.40. The average molecular weight is 363 g/mol. The minimum atomic E-state index is -0.899. The number of aromatic nitrogens is 1. The van der Waals surface area contributed by atoms with E-state index in [1.54, 1.807) is 17.5 Å². The zero-order valence-electron chi connectivity index (χ0n) is 9.81. The second kappa shape index (κ2) is 5.90. The van der Waals surface area contributed by atoms with Crippen molar-refractivity contribution in [1.82, 2.24) is 4.98 Å². The highest BCUT2D eigenvalue weighted by Gasteiger charge is 2.13. The number of ether oxygens (including phenoxy) is 1. The van der Waals surface area contributed by atoms with Crippen LogP contribution in [-0.4, -0.2) is 23.2 Å². The summed E-state index contributed by atoms with van der Waals surface area (Å²) < 4.78 is 5.95. The quantitative estimate of drug-likeness (QED) is 0.897. The minimum absolute atomic E-state index is 0.0845. The Balaban J connectivity index is 2.41. The van der Waals surface area contributed by atoms with E-state index in [4.69, 9.17) is 21.4 Å². The van der Waals surface area contributed by atoms with Crippen molar-refractivity contribution in [2.24, 2.45) is 0 Å². The van der Waals surface area contributed by atoms with Crippen LogP contribution in [0.4, 0.5) is 0 Å². The van der Waals surface area contributed by atoms with Crippen LogP contribution in [0.1, 0.15) is 5.69 Å². The van der Waals surface area contributed by atoms with E-state index in [1.165, 1.54) is 18.4 Å². The van der Waals surface area contributed by atoms with Crippen LogP contribution >= 0.6 is 38.9 Å². The summed E-state index contributed by atoms with van der Waals surface area (Å²) in [7, 11) is 1.54. The van der Waals surface area contributed by atoms with Gasteiger partial charge in [-0.25, -0.2) is 4.98 Å². The summed E-state index contributed by atoms with van der Waals surface area (Å²) in [6.45, 7) is 0. The van der Waals surface area contributed by atoms with Crippen LogP contribution in [0.2, 0.25) is 5.02 Å². The van der Waals surface area contributed by atoms with E-state index < -0.39 is 5.97 Å². The monoisotopic (exact) mass is 361 g/mol. The highest BCUT2D eigenvalue weighted by Crippen LogP contribution is 2.38. The van der Waals surface area contributed by atoms with Gasteiger partial charge < -0.3 is 9.84 Å². The third-order valence-electron chi connectivity index (χ3n) is 2.36. The lowest BCUT2D eigenvalue weighted by Crippen LogP contribution is -1.99. The number of rotatable bonds is 4. The SMILES string of the molecule is COc1cc(-c2nc(CC(=O)O)cs2)c(Br)cc1Cl. The predicted octanol–water partition coefficient (Wildman–Crippen LogP) is 3.86. The van der Waals surface area contributed by atoms with Crippen molar-refractivity contribution in [3.05, 3.63) is 32.7 Å². The summed E-state index contributed by atoms with van der Waals surface area (Å²) in [5.41, 5.74) is 1.36. The average Bonchev–Trinajstić information content (AvgIpc) is 2.76. The van der Waals surface area contributed by atoms with E-state index in [0.29, 0.717) is 16.5 Å². The van der Waals surface area contributed by atoms with Crippen molar-refractivity contribution in [2.45, 2.75) is 6.42 Å². The number of nitrogens with zero attached hydrogens (tertiary/aromatic N) is 1. The molecule has 1 aromatic heterocycles. The van der Waals surface area contributed by atoms with Gasteiger partial charge in [-0.1, -0.05) is 27.5 Å². The Hall–Kier alpha value is -1.11. The third-order valence-corrected chi connectivity index (χ3v) is 4.23. The number of benzene rings is 1. The van der Waals surface area contributed by atoms with Crippen LogP contribution in [0, 0.1) is 0 Å². The molecule has 1 aromatic carbocycles. The van der Waals surface area contributed by atoms with Crippen LogP contribution in [0.5, 0.6) is 5.75 Å². The predicted molar refractivity (Wildman–Crippen MR) is 78.2 cm³/mol. The van der Waals surface area contributed by atoms with Crippen molar-refractivity contribution in [1.29, 1.82) is 0 Å². The zero-order valence-corrected chi connectivity index (χ0v) is 13.0. The van der Waals surface area contributed by atoms with Gasteiger partial charge in [0.05, 0.1) is 24.2 Å². The Morgan fingerprint density at radius 1 is 1.58 bits per heavy atom. The van der Waals surface area contributed by atoms with Crippen LogP contribution in [0.25, 0.3) is 10.6 Å². The van der Waals surface area contributed by atoms with Gasteiger partial charge in [-0.2, -0.15) is 0 Å². The van der Waals surface area contributed by atoms with Gasteiger partial charge in [-0.15, -0.1) is 11.3 Å². The van der Waals surface area contributed by atoms with Gasteiger partial charge in [0.1, 0.15) is 10.8 Å². The van der Waals surface area contributed by atoms with Crippen molar-refractivity contribution < 1.29 is 14.6 Å². The largest absolute Gasteiger partial charge is 0.495 e. The zero-order chi connectivity index (χ0) is 14.0. The summed E-state index contributed by atoms with van der Waals surface area (Å²) in [5.74, 6) is -0.348. The van der Waals surface area contributed by atoms with E-state index in [0.717, 1.165) is 15.0 Å². The molecule has 0 aliphatic carbocycles. The van der Waals surface area contributed by atoms with Gasteiger partial charge in [0.2, 0.25) is 0 Å². The number of carboxylic acids is 1. The molecule has 0 atom stereocenters. The summed E-state index contributed by atoms with van der Waals surface area (Å²) in [6, 6.07) is 3.50. The second-order valence-electron chi connectivity index (χ2n) is 3.68. The first kappa shape index (κ1) is 14.3. The third kappa shape index (κ3) is 3.26. The summed E-state index contributed by atoms with van der Waals surface area (Å²) >= 11 is 10.8. The first-order chi connectivity index (χ1) is 9.01. The Morgan fingerprint density at radius 2 is 2.32 bits per heavy atom. The molecule has 0 spiro atoms. The lowest BCUT2D eigenvalue weighted by atomic mass is 10.2. The fraction of sp³-hybridized carbons (Fsp3) is 0.167. The number of thiazole rings is 1. The summed E-state index contributed by atoms with van der Waals surface area (Å²) in [5, 5.41) is 11.7. The Bertz CT molecular complexity index is 629. The minimum Gasteiger partial charge on any atom is -0.495 e. The van der Waals surface area contributed by atoms with Crippen LogP contribution in [0.15, 0.2) is 22.0 Å². The molecule has 0 saturated heterocycles. The number of methoxy groups -OCH3 is 1. The van der Waals surface area contributed by atoms with E-state index in [1.807, 2.05) is 0 Å². The maximum atomic E-state index is 10.6. The normalized spacial score (nSPS) is 10.5. The number of hydrogen-bond donors (Lipinski definition) is 1. The first-order valence-corrected chi connectivity index (χ1v) is 7.26. The van der Waals surface area contributed by atoms with Gasteiger partial charge in [0.25, 0.3) is 0 Å². The van der Waals surface area contributed by atoms with Gasteiger partial charge in [0.15, 0.2) is 0 Å². The maximum Gasteiger partial charge on any atom is 0.309 e. The summed E-state index contributed by atoms with van der Waals surface area (Å²) in [6.07, 6.45) is -0.0845. The molecule has 7 heteroatoms. The molecule has 4 nitrogen and oxygen atoms in total. The molecule has 0 unspecified atom stereocenters. The topological polar surface area (TPSA) is 59.4 Å². The molecule has 1 N–H and O–H groups in total. The molecule has 0 bridgehead atoms. The molecule has 0 aliphatic rings. The highest BCUT2D eigenvalue weighted by atomic mass is 79.9. The maximum absolute atomic E-state index is 10.6. The molecule has 2 rings (SSSR count). The lowest BCUT2D eigenvalue weighted by Gasteiger charge is -2.07. The standard InChI is InChI=1S/C12H9BrClNO3S/c1-18-10-3-7(8(13)4-9(10)14)12-15-6(5-19-12)2-11(16)17/h3-5H,2H2,1H3,(H,16,17). The van der Waals surface area contributed by atoms with E-state index in [9.17, 15) is 4.79 Å². The first-order valence-electron chi connectivity index (χ1n) is 5.21. The van der Waals surface area contributed by atoms with Crippen LogP contribution < -0.4 is 4.74 Å². The van der Waals surface area contributed by atoms with Gasteiger partial charge in [-0.3, -0.25) is 4.79 Å². The number of halogens is 2. The molecule has 0 radical (unpaired) electrons. The van der Waals surface area contributed by atoms with Gasteiger partial charge in [-0.05, 0) is 12.1 Å². The Morgan fingerprint density at radius 3 is 2.95 bits per heavy atom.